The second-order valence-corrected chi connectivity index (χ2v) is 3.81. The largest absolute Gasteiger partial charge is 0.482 e. The molecule has 0 fully saturated rings. The molecule has 0 unspecified atom stereocenters. The predicted octanol–water partition coefficient (Wildman–Crippen LogP) is 3.02. The predicted molar refractivity (Wildman–Crippen MR) is 62.0 cm³/mol. The third-order valence-corrected chi connectivity index (χ3v) is 2.43. The first kappa shape index (κ1) is 11.7. The standard InChI is InChI=1S/C13H14FNO2/c1-9(15)11-5-2-6-12(14)13(11)17-8-10-4-3-7-16-10/h2-7,9H,8,15H2,1H3/t9-/m1/s1. The maximum Gasteiger partial charge on any atom is 0.165 e. The van der Waals surface area contributed by atoms with Crippen LogP contribution in [-0.4, -0.2) is 0 Å². The summed E-state index contributed by atoms with van der Waals surface area (Å²) in [5.41, 5.74) is 6.41. The number of para-hydroxylation sites is 1. The zero-order chi connectivity index (χ0) is 12.3. The minimum atomic E-state index is -0.411. The van der Waals surface area contributed by atoms with Gasteiger partial charge in [0.2, 0.25) is 0 Å². The van der Waals surface area contributed by atoms with Crippen LogP contribution in [0, 0.1) is 5.82 Å². The van der Waals surface area contributed by atoms with E-state index in [9.17, 15) is 4.39 Å². The van der Waals surface area contributed by atoms with E-state index in [4.69, 9.17) is 14.9 Å². The van der Waals surface area contributed by atoms with Crippen LogP contribution in [0.3, 0.4) is 0 Å². The van der Waals surface area contributed by atoms with E-state index >= 15 is 0 Å². The van der Waals surface area contributed by atoms with E-state index in [-0.39, 0.29) is 18.4 Å². The maximum absolute atomic E-state index is 13.6. The van der Waals surface area contributed by atoms with Crippen molar-refractivity contribution in [3.8, 4) is 5.75 Å². The van der Waals surface area contributed by atoms with Crippen LogP contribution < -0.4 is 10.5 Å². The lowest BCUT2D eigenvalue weighted by Gasteiger charge is -2.13. The molecule has 2 rings (SSSR count). The van der Waals surface area contributed by atoms with E-state index < -0.39 is 5.82 Å². The highest BCUT2D eigenvalue weighted by Gasteiger charge is 2.13. The molecule has 1 aromatic heterocycles. The molecule has 2 N–H and O–H groups in total. The molecule has 0 radical (unpaired) electrons. The number of hydrogen-bond donors (Lipinski definition) is 1. The van der Waals surface area contributed by atoms with Crippen molar-refractivity contribution in [2.24, 2.45) is 5.73 Å². The lowest BCUT2D eigenvalue weighted by molar-refractivity contribution is 0.255. The van der Waals surface area contributed by atoms with Crippen molar-refractivity contribution in [2.45, 2.75) is 19.6 Å². The third kappa shape index (κ3) is 2.65. The molecule has 0 aliphatic rings. The molecule has 0 saturated carbocycles. The summed E-state index contributed by atoms with van der Waals surface area (Å²) < 4.78 is 24.2. The summed E-state index contributed by atoms with van der Waals surface area (Å²) in [7, 11) is 0. The van der Waals surface area contributed by atoms with E-state index in [0.717, 1.165) is 0 Å². The molecule has 0 aliphatic heterocycles. The number of rotatable bonds is 4. The summed E-state index contributed by atoms with van der Waals surface area (Å²) in [5.74, 6) is 0.425. The molecule has 0 bridgehead atoms. The Hall–Kier alpha value is -1.81. The minimum Gasteiger partial charge on any atom is -0.482 e. The van der Waals surface area contributed by atoms with Crippen molar-refractivity contribution in [1.82, 2.24) is 0 Å². The zero-order valence-electron chi connectivity index (χ0n) is 9.52. The van der Waals surface area contributed by atoms with Gasteiger partial charge >= 0.3 is 0 Å². The Morgan fingerprint density at radius 3 is 2.82 bits per heavy atom. The maximum atomic E-state index is 13.6. The Morgan fingerprint density at radius 1 is 1.35 bits per heavy atom. The first-order valence-electron chi connectivity index (χ1n) is 5.37. The van der Waals surface area contributed by atoms with E-state index in [1.165, 1.54) is 6.07 Å². The highest BCUT2D eigenvalue weighted by molar-refractivity contribution is 5.37. The van der Waals surface area contributed by atoms with Crippen LogP contribution in [-0.2, 0) is 6.61 Å². The number of benzene rings is 1. The third-order valence-electron chi connectivity index (χ3n) is 2.43. The van der Waals surface area contributed by atoms with Crippen LogP contribution in [0.4, 0.5) is 4.39 Å². The summed E-state index contributed by atoms with van der Waals surface area (Å²) in [6.07, 6.45) is 1.55. The van der Waals surface area contributed by atoms with Crippen LogP contribution in [0.5, 0.6) is 5.75 Å². The Labute approximate surface area is 99.0 Å². The first-order chi connectivity index (χ1) is 8.18. The summed E-state index contributed by atoms with van der Waals surface area (Å²) in [5, 5.41) is 0. The van der Waals surface area contributed by atoms with Gasteiger partial charge in [0.15, 0.2) is 11.6 Å². The molecule has 0 aliphatic carbocycles. The van der Waals surface area contributed by atoms with Crippen LogP contribution >= 0.6 is 0 Å². The van der Waals surface area contributed by atoms with E-state index in [1.807, 2.05) is 0 Å². The van der Waals surface area contributed by atoms with Crippen LogP contribution in [0.1, 0.15) is 24.3 Å². The van der Waals surface area contributed by atoms with Gasteiger partial charge < -0.3 is 14.9 Å². The van der Waals surface area contributed by atoms with Gasteiger partial charge in [-0.3, -0.25) is 0 Å². The molecule has 0 saturated heterocycles. The molecule has 17 heavy (non-hydrogen) atoms. The second-order valence-electron chi connectivity index (χ2n) is 3.81. The molecular formula is C13H14FNO2. The second kappa shape index (κ2) is 5.01. The Bertz CT molecular complexity index is 480. The van der Waals surface area contributed by atoms with Crippen molar-refractivity contribution in [2.75, 3.05) is 0 Å². The van der Waals surface area contributed by atoms with Crippen molar-refractivity contribution >= 4 is 0 Å². The topological polar surface area (TPSA) is 48.4 Å². The Kier molecular flexibility index (Phi) is 3.44. The molecular weight excluding hydrogens is 221 g/mol. The molecule has 3 nitrogen and oxygen atoms in total. The highest BCUT2D eigenvalue weighted by Crippen LogP contribution is 2.27. The van der Waals surface area contributed by atoms with Crippen molar-refractivity contribution in [3.63, 3.8) is 0 Å². The fraction of sp³-hybridized carbons (Fsp3) is 0.231. The van der Waals surface area contributed by atoms with Gasteiger partial charge in [0.1, 0.15) is 12.4 Å². The summed E-state index contributed by atoms with van der Waals surface area (Å²) in [6.45, 7) is 1.97. The van der Waals surface area contributed by atoms with Crippen molar-refractivity contribution in [3.05, 3.63) is 53.7 Å². The lowest BCUT2D eigenvalue weighted by atomic mass is 10.1. The van der Waals surface area contributed by atoms with E-state index in [0.29, 0.717) is 11.3 Å². The quantitative estimate of drug-likeness (QED) is 0.886. The number of hydrogen-bond acceptors (Lipinski definition) is 3. The molecule has 1 atom stereocenters. The molecule has 4 heteroatoms. The van der Waals surface area contributed by atoms with Gasteiger partial charge in [0.25, 0.3) is 0 Å². The van der Waals surface area contributed by atoms with Gasteiger partial charge in [-0.1, -0.05) is 12.1 Å². The Morgan fingerprint density at radius 2 is 2.18 bits per heavy atom. The number of nitrogens with two attached hydrogens (primary N) is 1. The monoisotopic (exact) mass is 235 g/mol. The lowest BCUT2D eigenvalue weighted by Crippen LogP contribution is -2.09. The Balaban J connectivity index is 2.19. The van der Waals surface area contributed by atoms with Gasteiger partial charge in [-0.05, 0) is 25.1 Å². The van der Waals surface area contributed by atoms with Gasteiger partial charge in [0.05, 0.1) is 6.26 Å². The molecule has 0 spiro atoms. The molecule has 2 aromatic rings. The molecule has 1 aromatic carbocycles. The SMILES string of the molecule is C[C@@H](N)c1cccc(F)c1OCc1ccco1. The fourth-order valence-electron chi connectivity index (χ4n) is 1.57. The van der Waals surface area contributed by atoms with Crippen molar-refractivity contribution in [1.29, 1.82) is 0 Å². The molecule has 0 amide bonds. The van der Waals surface area contributed by atoms with Crippen LogP contribution in [0.15, 0.2) is 41.0 Å². The average Bonchev–Trinajstić information content (AvgIpc) is 2.80. The van der Waals surface area contributed by atoms with Gasteiger partial charge in [0, 0.05) is 11.6 Å². The summed E-state index contributed by atoms with van der Waals surface area (Å²) in [4.78, 5) is 0. The average molecular weight is 235 g/mol. The normalized spacial score (nSPS) is 12.4. The van der Waals surface area contributed by atoms with E-state index in [1.54, 1.807) is 37.5 Å². The van der Waals surface area contributed by atoms with Gasteiger partial charge in [-0.15, -0.1) is 0 Å². The van der Waals surface area contributed by atoms with Gasteiger partial charge in [-0.25, -0.2) is 4.39 Å². The molecule has 1 heterocycles. The number of ether oxygens (including phenoxy) is 1. The minimum absolute atomic E-state index is 0.188. The van der Waals surface area contributed by atoms with Crippen molar-refractivity contribution < 1.29 is 13.5 Å². The zero-order valence-corrected chi connectivity index (χ0v) is 9.52. The number of halogens is 1. The first-order valence-corrected chi connectivity index (χ1v) is 5.37. The number of furan rings is 1. The molecule has 90 valence electrons. The van der Waals surface area contributed by atoms with Crippen LogP contribution in [0.25, 0.3) is 0 Å². The highest BCUT2D eigenvalue weighted by atomic mass is 19.1. The fourth-order valence-corrected chi connectivity index (χ4v) is 1.57. The summed E-state index contributed by atoms with van der Waals surface area (Å²) in [6, 6.07) is 7.97. The van der Waals surface area contributed by atoms with E-state index in [2.05, 4.69) is 0 Å². The van der Waals surface area contributed by atoms with Crippen LogP contribution in [0.2, 0.25) is 0 Å². The summed E-state index contributed by atoms with van der Waals surface area (Å²) >= 11 is 0. The van der Waals surface area contributed by atoms with Gasteiger partial charge in [-0.2, -0.15) is 0 Å². The smallest absolute Gasteiger partial charge is 0.165 e.